The molecule has 0 aliphatic carbocycles. The van der Waals surface area contributed by atoms with Gasteiger partial charge in [0.05, 0.1) is 12.7 Å². The molecular weight excluding hydrogens is 354 g/mol. The molecule has 2 rings (SSSR count). The van der Waals surface area contributed by atoms with Crippen molar-refractivity contribution in [2.24, 2.45) is 0 Å². The zero-order chi connectivity index (χ0) is 18.9. The Morgan fingerprint density at radius 3 is 2.38 bits per heavy atom. The Morgan fingerprint density at radius 2 is 1.77 bits per heavy atom. The van der Waals surface area contributed by atoms with Crippen molar-refractivity contribution in [2.45, 2.75) is 25.9 Å². The molecule has 6 heteroatoms. The number of ether oxygens (including phenoxy) is 1. The van der Waals surface area contributed by atoms with E-state index in [-0.39, 0.29) is 19.1 Å². The van der Waals surface area contributed by atoms with E-state index in [1.54, 1.807) is 31.2 Å². The summed E-state index contributed by atoms with van der Waals surface area (Å²) in [6.45, 7) is 1.81. The van der Waals surface area contributed by atoms with Crippen LogP contribution in [0.3, 0.4) is 0 Å². The zero-order valence-corrected chi connectivity index (χ0v) is 15.3. The van der Waals surface area contributed by atoms with Gasteiger partial charge in [0.2, 0.25) is 0 Å². The molecule has 0 radical (unpaired) electrons. The Balaban J connectivity index is 1.86. The quantitative estimate of drug-likeness (QED) is 0.694. The van der Waals surface area contributed by atoms with Gasteiger partial charge in [0.25, 0.3) is 5.91 Å². The van der Waals surface area contributed by atoms with Crippen LogP contribution < -0.4 is 5.32 Å². The molecule has 0 saturated heterocycles. The maximum atomic E-state index is 12.0. The number of nitrogens with one attached hydrogen (secondary N) is 1. The van der Waals surface area contributed by atoms with Crippen molar-refractivity contribution in [1.82, 2.24) is 5.32 Å². The highest BCUT2D eigenvalue weighted by Gasteiger charge is 2.11. The first-order chi connectivity index (χ1) is 12.5. The Bertz CT molecular complexity index is 728. The van der Waals surface area contributed by atoms with E-state index in [0.717, 1.165) is 17.5 Å². The highest BCUT2D eigenvalue weighted by molar-refractivity contribution is 6.30. The predicted molar refractivity (Wildman–Crippen MR) is 100 cm³/mol. The summed E-state index contributed by atoms with van der Waals surface area (Å²) in [5, 5.41) is 13.5. The van der Waals surface area contributed by atoms with Crippen LogP contribution in [0.5, 0.6) is 0 Å². The number of aliphatic hydroxyl groups excluding tert-OH is 1. The van der Waals surface area contributed by atoms with E-state index in [1.807, 2.05) is 24.3 Å². The van der Waals surface area contributed by atoms with Gasteiger partial charge < -0.3 is 15.2 Å². The van der Waals surface area contributed by atoms with Gasteiger partial charge in [0, 0.05) is 10.6 Å². The van der Waals surface area contributed by atoms with Crippen LogP contribution >= 0.6 is 11.6 Å². The van der Waals surface area contributed by atoms with E-state index in [0.29, 0.717) is 17.0 Å². The van der Waals surface area contributed by atoms with Crippen LogP contribution in [0.15, 0.2) is 48.5 Å². The number of rotatable bonds is 8. The number of hydrogen-bond donors (Lipinski definition) is 2. The molecule has 1 amide bonds. The van der Waals surface area contributed by atoms with Gasteiger partial charge in [0.15, 0.2) is 0 Å². The average molecular weight is 376 g/mol. The lowest BCUT2D eigenvalue weighted by Crippen LogP contribution is -2.30. The second-order valence-electron chi connectivity index (χ2n) is 5.79. The van der Waals surface area contributed by atoms with Crippen molar-refractivity contribution in [1.29, 1.82) is 0 Å². The fraction of sp³-hybridized carbons (Fsp3) is 0.300. The summed E-state index contributed by atoms with van der Waals surface area (Å²) >= 11 is 5.86. The average Bonchev–Trinajstić information content (AvgIpc) is 2.66. The minimum Gasteiger partial charge on any atom is -0.465 e. The lowest BCUT2D eigenvalue weighted by Gasteiger charge is -2.12. The topological polar surface area (TPSA) is 75.6 Å². The number of benzene rings is 2. The van der Waals surface area contributed by atoms with E-state index in [4.69, 9.17) is 16.3 Å². The van der Waals surface area contributed by atoms with Gasteiger partial charge >= 0.3 is 5.97 Å². The number of carbonyl (C=O) groups excluding carboxylic acids is 2. The Hall–Kier alpha value is -2.37. The number of hydrogen-bond acceptors (Lipinski definition) is 4. The van der Waals surface area contributed by atoms with Crippen LogP contribution in [0.1, 0.15) is 40.9 Å². The summed E-state index contributed by atoms with van der Waals surface area (Å²) in [5.41, 5.74) is 2.26. The summed E-state index contributed by atoms with van der Waals surface area (Å²) in [5.74, 6) is -0.838. The molecule has 0 heterocycles. The fourth-order valence-corrected chi connectivity index (χ4v) is 2.57. The molecule has 0 bridgehead atoms. The van der Waals surface area contributed by atoms with Crippen molar-refractivity contribution in [3.05, 3.63) is 70.2 Å². The van der Waals surface area contributed by atoms with Crippen molar-refractivity contribution in [3.8, 4) is 0 Å². The molecule has 0 saturated carbocycles. The summed E-state index contributed by atoms with van der Waals surface area (Å²) in [6, 6.07) is 14.2. The van der Waals surface area contributed by atoms with Gasteiger partial charge in [-0.15, -0.1) is 0 Å². The van der Waals surface area contributed by atoms with Crippen LogP contribution in [-0.4, -0.2) is 30.1 Å². The highest BCUT2D eigenvalue weighted by Crippen LogP contribution is 2.20. The molecular formula is C20H22ClNO4. The number of esters is 1. The van der Waals surface area contributed by atoms with Crippen molar-refractivity contribution < 1.29 is 19.4 Å². The fourth-order valence-electron chi connectivity index (χ4n) is 2.44. The molecule has 26 heavy (non-hydrogen) atoms. The van der Waals surface area contributed by atoms with E-state index in [2.05, 4.69) is 5.32 Å². The smallest absolute Gasteiger partial charge is 0.325 e. The maximum Gasteiger partial charge on any atom is 0.325 e. The van der Waals surface area contributed by atoms with Crippen LogP contribution in [0.2, 0.25) is 5.02 Å². The Labute approximate surface area is 157 Å². The van der Waals surface area contributed by atoms with Crippen LogP contribution in [0.4, 0.5) is 0 Å². The van der Waals surface area contributed by atoms with E-state index in [1.165, 1.54) is 0 Å². The molecule has 0 aliphatic heterocycles. The summed E-state index contributed by atoms with van der Waals surface area (Å²) < 4.78 is 4.75. The van der Waals surface area contributed by atoms with Crippen LogP contribution in [0.25, 0.3) is 0 Å². The third kappa shape index (κ3) is 6.17. The summed E-state index contributed by atoms with van der Waals surface area (Å²) in [7, 11) is 0. The summed E-state index contributed by atoms with van der Waals surface area (Å²) in [4.78, 5) is 23.2. The van der Waals surface area contributed by atoms with E-state index < -0.39 is 12.1 Å². The Kier molecular flexibility index (Phi) is 7.63. The second kappa shape index (κ2) is 9.94. The molecule has 138 valence electrons. The van der Waals surface area contributed by atoms with Gasteiger partial charge in [-0.1, -0.05) is 35.9 Å². The first-order valence-corrected chi connectivity index (χ1v) is 8.83. The number of aryl methyl sites for hydroxylation is 1. The molecule has 1 atom stereocenters. The highest BCUT2D eigenvalue weighted by atomic mass is 35.5. The Morgan fingerprint density at radius 1 is 1.12 bits per heavy atom. The number of aliphatic hydroxyl groups is 1. The standard InChI is InChI=1S/C20H22ClNO4/c1-2-26-19(24)13-22-20(25)16-8-6-15(7-9-16)18(23)12-5-14-3-10-17(21)11-4-14/h3-4,6-11,18,23H,2,5,12-13H2,1H3,(H,22,25). The van der Waals surface area contributed by atoms with Crippen molar-refractivity contribution >= 4 is 23.5 Å². The number of halogens is 1. The molecule has 2 aromatic carbocycles. The molecule has 0 fully saturated rings. The zero-order valence-electron chi connectivity index (χ0n) is 14.6. The van der Waals surface area contributed by atoms with Crippen LogP contribution in [0, 0.1) is 0 Å². The number of amides is 1. The van der Waals surface area contributed by atoms with Gasteiger partial charge in [-0.2, -0.15) is 0 Å². The van der Waals surface area contributed by atoms with Crippen molar-refractivity contribution in [2.75, 3.05) is 13.2 Å². The van der Waals surface area contributed by atoms with Gasteiger partial charge in [-0.05, 0) is 55.2 Å². The lowest BCUT2D eigenvalue weighted by molar-refractivity contribution is -0.141. The molecule has 0 spiro atoms. The van der Waals surface area contributed by atoms with Crippen LogP contribution in [-0.2, 0) is 16.0 Å². The molecule has 2 aromatic rings. The molecule has 1 unspecified atom stereocenters. The molecule has 2 N–H and O–H groups in total. The van der Waals surface area contributed by atoms with Gasteiger partial charge in [-0.25, -0.2) is 0 Å². The second-order valence-corrected chi connectivity index (χ2v) is 6.23. The lowest BCUT2D eigenvalue weighted by atomic mass is 10.0. The minimum atomic E-state index is -0.623. The van der Waals surface area contributed by atoms with E-state index in [9.17, 15) is 14.7 Å². The third-order valence-electron chi connectivity index (χ3n) is 3.88. The van der Waals surface area contributed by atoms with Gasteiger partial charge in [0.1, 0.15) is 6.54 Å². The monoisotopic (exact) mass is 375 g/mol. The maximum absolute atomic E-state index is 12.0. The van der Waals surface area contributed by atoms with Crippen molar-refractivity contribution in [3.63, 3.8) is 0 Å². The summed E-state index contributed by atoms with van der Waals surface area (Å²) in [6.07, 6.45) is 0.665. The normalized spacial score (nSPS) is 11.7. The first-order valence-electron chi connectivity index (χ1n) is 8.46. The first kappa shape index (κ1) is 19.9. The largest absolute Gasteiger partial charge is 0.465 e. The molecule has 0 aliphatic rings. The molecule has 5 nitrogen and oxygen atoms in total. The van der Waals surface area contributed by atoms with E-state index >= 15 is 0 Å². The molecule has 0 aromatic heterocycles. The predicted octanol–water partition coefficient (Wildman–Crippen LogP) is 3.30. The minimum absolute atomic E-state index is 0.169. The third-order valence-corrected chi connectivity index (χ3v) is 4.13. The SMILES string of the molecule is CCOC(=O)CNC(=O)c1ccc(C(O)CCc2ccc(Cl)cc2)cc1. The van der Waals surface area contributed by atoms with Gasteiger partial charge in [-0.3, -0.25) is 9.59 Å². The number of carbonyl (C=O) groups is 2.